The molecule has 0 fully saturated rings. The van der Waals surface area contributed by atoms with Crippen molar-refractivity contribution in [2.75, 3.05) is 11.1 Å². The molecule has 0 unspecified atom stereocenters. The summed E-state index contributed by atoms with van der Waals surface area (Å²) < 4.78 is 0.869. The second-order valence-electron chi connectivity index (χ2n) is 7.78. The normalized spacial score (nSPS) is 10.5. The van der Waals surface area contributed by atoms with Gasteiger partial charge in [-0.05, 0) is 61.0 Å². The fraction of sp³-hybridized carbons (Fsp3) is 0.0714. The number of para-hydroxylation sites is 1. The number of carbonyl (C=O) groups is 2. The number of pyridine rings is 1. The van der Waals surface area contributed by atoms with Crippen molar-refractivity contribution in [3.63, 3.8) is 0 Å². The van der Waals surface area contributed by atoms with Crippen LogP contribution in [0.2, 0.25) is 5.02 Å². The largest absolute Gasteiger partial charge is 0.322 e. The Kier molecular flexibility index (Phi) is 8.21. The first kappa shape index (κ1) is 25.6. The average Bonchev–Trinajstić information content (AvgIpc) is 2.88. The smallest absolute Gasteiger partial charge is 0.258 e. The quantitative estimate of drug-likeness (QED) is 0.181. The molecule has 3 aromatic carbocycles. The number of hydrogen-bond acceptors (Lipinski definition) is 5. The number of ketones is 1. The lowest BCUT2D eigenvalue weighted by Crippen LogP contribution is -2.17. The van der Waals surface area contributed by atoms with Crippen LogP contribution in [-0.2, 0) is 0 Å². The molecule has 0 radical (unpaired) electrons. The molecular formula is C28H19BrClN3O2S. The van der Waals surface area contributed by atoms with E-state index in [9.17, 15) is 14.9 Å². The highest BCUT2D eigenvalue weighted by atomic mass is 79.9. The molecule has 1 N–H and O–H groups in total. The zero-order valence-electron chi connectivity index (χ0n) is 19.1. The summed E-state index contributed by atoms with van der Waals surface area (Å²) in [6, 6.07) is 25.4. The molecule has 0 aliphatic heterocycles. The average molecular weight is 577 g/mol. The third-order valence-corrected chi connectivity index (χ3v) is 7.11. The molecule has 0 aliphatic rings. The van der Waals surface area contributed by atoms with E-state index >= 15 is 0 Å². The van der Waals surface area contributed by atoms with Gasteiger partial charge in [0.15, 0.2) is 5.78 Å². The van der Waals surface area contributed by atoms with Crippen LogP contribution in [0.1, 0.15) is 32.0 Å². The van der Waals surface area contributed by atoms with Gasteiger partial charge in [-0.15, -0.1) is 0 Å². The van der Waals surface area contributed by atoms with E-state index in [1.54, 1.807) is 43.3 Å². The predicted octanol–water partition coefficient (Wildman–Crippen LogP) is 7.57. The van der Waals surface area contributed by atoms with E-state index in [0.29, 0.717) is 43.7 Å². The number of benzene rings is 3. The summed E-state index contributed by atoms with van der Waals surface area (Å²) in [7, 11) is 0. The molecule has 0 saturated carbocycles. The maximum Gasteiger partial charge on any atom is 0.258 e. The first-order valence-electron chi connectivity index (χ1n) is 10.9. The van der Waals surface area contributed by atoms with Gasteiger partial charge in [0.2, 0.25) is 0 Å². The van der Waals surface area contributed by atoms with E-state index in [1.807, 2.05) is 42.5 Å². The molecule has 0 spiro atoms. The number of anilines is 1. The SMILES string of the molecule is Cc1nc(SCC(=O)c2ccc(Cl)cc2)c(C#N)c(-c2ccc(Br)cc2)c1C(=O)Nc1ccccc1. The van der Waals surface area contributed by atoms with Gasteiger partial charge >= 0.3 is 0 Å². The van der Waals surface area contributed by atoms with Crippen LogP contribution < -0.4 is 5.32 Å². The number of Topliss-reactive ketones (excluding diaryl/α,β-unsaturated/α-hetero) is 1. The number of nitriles is 1. The summed E-state index contributed by atoms with van der Waals surface area (Å²) in [5.41, 5.74) is 3.35. The van der Waals surface area contributed by atoms with E-state index in [-0.39, 0.29) is 23.0 Å². The summed E-state index contributed by atoms with van der Waals surface area (Å²) in [5, 5.41) is 14.0. The van der Waals surface area contributed by atoms with Gasteiger partial charge in [0, 0.05) is 26.3 Å². The third kappa shape index (κ3) is 5.85. The number of aryl methyl sites for hydroxylation is 1. The molecule has 0 aliphatic carbocycles. The van der Waals surface area contributed by atoms with Crippen LogP contribution in [0.3, 0.4) is 0 Å². The van der Waals surface area contributed by atoms with E-state index in [2.05, 4.69) is 32.3 Å². The molecule has 0 bridgehead atoms. The number of halogens is 2. The van der Waals surface area contributed by atoms with Crippen molar-refractivity contribution in [3.05, 3.63) is 111 Å². The number of aromatic nitrogens is 1. The molecule has 4 aromatic rings. The number of thioether (sulfide) groups is 1. The van der Waals surface area contributed by atoms with Crippen molar-refractivity contribution in [1.29, 1.82) is 5.26 Å². The molecule has 1 amide bonds. The van der Waals surface area contributed by atoms with E-state index in [1.165, 1.54) is 11.8 Å². The Bertz CT molecular complexity index is 1470. The van der Waals surface area contributed by atoms with Crippen molar-refractivity contribution >= 4 is 56.7 Å². The first-order valence-corrected chi connectivity index (χ1v) is 13.0. The molecule has 0 atom stereocenters. The lowest BCUT2D eigenvalue weighted by Gasteiger charge is -2.17. The van der Waals surface area contributed by atoms with Crippen LogP contribution in [0.25, 0.3) is 11.1 Å². The fourth-order valence-electron chi connectivity index (χ4n) is 3.64. The van der Waals surface area contributed by atoms with Crippen LogP contribution in [0.4, 0.5) is 5.69 Å². The van der Waals surface area contributed by atoms with Crippen LogP contribution >= 0.6 is 39.3 Å². The molecular weight excluding hydrogens is 558 g/mol. The third-order valence-electron chi connectivity index (χ3n) is 5.35. The topological polar surface area (TPSA) is 82.8 Å². The summed E-state index contributed by atoms with van der Waals surface area (Å²) in [4.78, 5) is 30.7. The Morgan fingerprint density at radius 1 is 1.03 bits per heavy atom. The van der Waals surface area contributed by atoms with Crippen molar-refractivity contribution in [2.24, 2.45) is 0 Å². The van der Waals surface area contributed by atoms with Gasteiger partial charge in [-0.25, -0.2) is 4.98 Å². The maximum atomic E-state index is 13.4. The van der Waals surface area contributed by atoms with Gasteiger partial charge in [0.1, 0.15) is 11.1 Å². The standard InChI is InChI=1S/C28H19BrClN3O2S/c1-17-25(27(35)33-22-5-3-2-4-6-22)26(19-7-11-20(29)12-8-19)23(15-31)28(32-17)36-16-24(34)18-9-13-21(30)14-10-18/h2-14H,16H2,1H3,(H,33,35). The van der Waals surface area contributed by atoms with Gasteiger partial charge in [0.25, 0.3) is 5.91 Å². The minimum atomic E-state index is -0.366. The molecule has 1 heterocycles. The predicted molar refractivity (Wildman–Crippen MR) is 148 cm³/mol. The molecule has 4 rings (SSSR count). The zero-order chi connectivity index (χ0) is 25.7. The summed E-state index contributed by atoms with van der Waals surface area (Å²) in [5.74, 6) is -0.400. The Morgan fingerprint density at radius 3 is 2.33 bits per heavy atom. The van der Waals surface area contributed by atoms with E-state index < -0.39 is 0 Å². The van der Waals surface area contributed by atoms with Crippen LogP contribution in [-0.4, -0.2) is 22.4 Å². The molecule has 8 heteroatoms. The van der Waals surface area contributed by atoms with E-state index in [4.69, 9.17) is 11.6 Å². The highest BCUT2D eigenvalue weighted by Crippen LogP contribution is 2.36. The molecule has 178 valence electrons. The van der Waals surface area contributed by atoms with Crippen LogP contribution in [0.5, 0.6) is 0 Å². The molecule has 1 aromatic heterocycles. The summed E-state index contributed by atoms with van der Waals surface area (Å²) in [6.07, 6.45) is 0. The summed E-state index contributed by atoms with van der Waals surface area (Å²) in [6.45, 7) is 1.73. The Balaban J connectivity index is 1.76. The molecule has 5 nitrogen and oxygen atoms in total. The number of amides is 1. The van der Waals surface area contributed by atoms with Crippen molar-refractivity contribution in [2.45, 2.75) is 11.9 Å². The van der Waals surface area contributed by atoms with Gasteiger partial charge in [-0.2, -0.15) is 5.26 Å². The Morgan fingerprint density at radius 2 is 1.69 bits per heavy atom. The summed E-state index contributed by atoms with van der Waals surface area (Å²) >= 11 is 10.5. The van der Waals surface area contributed by atoms with Gasteiger partial charge in [0.05, 0.1) is 22.6 Å². The van der Waals surface area contributed by atoms with Crippen molar-refractivity contribution in [1.82, 2.24) is 4.98 Å². The lowest BCUT2D eigenvalue weighted by atomic mass is 9.94. The lowest BCUT2D eigenvalue weighted by molar-refractivity contribution is 0.101. The van der Waals surface area contributed by atoms with E-state index in [0.717, 1.165) is 4.47 Å². The zero-order valence-corrected chi connectivity index (χ0v) is 22.2. The second-order valence-corrected chi connectivity index (χ2v) is 10.1. The second kappa shape index (κ2) is 11.5. The van der Waals surface area contributed by atoms with Crippen LogP contribution in [0, 0.1) is 18.3 Å². The Labute approximate surface area is 226 Å². The monoisotopic (exact) mass is 575 g/mol. The number of hydrogen-bond donors (Lipinski definition) is 1. The maximum absolute atomic E-state index is 13.4. The minimum absolute atomic E-state index is 0.0814. The Hall–Kier alpha value is -3.44. The first-order chi connectivity index (χ1) is 17.4. The number of nitrogens with one attached hydrogen (secondary N) is 1. The number of rotatable bonds is 7. The van der Waals surface area contributed by atoms with Crippen LogP contribution in [0.15, 0.2) is 88.4 Å². The molecule has 36 heavy (non-hydrogen) atoms. The van der Waals surface area contributed by atoms with Gasteiger partial charge in [-0.1, -0.05) is 69.6 Å². The number of carbonyl (C=O) groups excluding carboxylic acids is 2. The van der Waals surface area contributed by atoms with Crippen molar-refractivity contribution in [3.8, 4) is 17.2 Å². The fourth-order valence-corrected chi connectivity index (χ4v) is 4.95. The van der Waals surface area contributed by atoms with Crippen molar-refractivity contribution < 1.29 is 9.59 Å². The minimum Gasteiger partial charge on any atom is -0.322 e. The number of nitrogens with zero attached hydrogens (tertiary/aromatic N) is 2. The highest BCUT2D eigenvalue weighted by Gasteiger charge is 2.25. The molecule has 0 saturated heterocycles. The van der Waals surface area contributed by atoms with Gasteiger partial charge < -0.3 is 5.32 Å². The highest BCUT2D eigenvalue weighted by molar-refractivity contribution is 9.10. The van der Waals surface area contributed by atoms with Gasteiger partial charge in [-0.3, -0.25) is 9.59 Å².